The molecule has 0 saturated carbocycles. The second-order valence-corrected chi connectivity index (χ2v) is 3.49. The van der Waals surface area contributed by atoms with Crippen LogP contribution in [0.3, 0.4) is 0 Å². The molecule has 1 rings (SSSR count). The summed E-state index contributed by atoms with van der Waals surface area (Å²) in [5.74, 6) is 0. The second kappa shape index (κ2) is 42.9. The van der Waals surface area contributed by atoms with Crippen molar-refractivity contribution in [1.82, 2.24) is 0 Å². The van der Waals surface area contributed by atoms with Crippen molar-refractivity contribution in [2.45, 2.75) is 13.5 Å². The van der Waals surface area contributed by atoms with Gasteiger partial charge in [0.1, 0.15) is 0 Å². The van der Waals surface area contributed by atoms with Gasteiger partial charge in [0, 0.05) is 0 Å². The third kappa shape index (κ3) is 32.3. The van der Waals surface area contributed by atoms with E-state index in [-0.39, 0.29) is 0 Å². The third-order valence-corrected chi connectivity index (χ3v) is 2.00. The van der Waals surface area contributed by atoms with Crippen LogP contribution in [0.2, 0.25) is 0 Å². The molecule has 0 bridgehead atoms. The fourth-order valence-electron chi connectivity index (χ4n) is 1.03. The Morgan fingerprint density at radius 2 is 1.29 bits per heavy atom. The Hall–Kier alpha value is -1.76. The molecule has 8 heteroatoms. The number of rotatable bonds is 6. The minimum atomic E-state index is 0.517. The molecule has 0 saturated heterocycles. The molecule has 0 atom stereocenters. The van der Waals surface area contributed by atoms with E-state index in [1.165, 1.54) is 5.56 Å². The Labute approximate surface area is 149 Å². The summed E-state index contributed by atoms with van der Waals surface area (Å²) >= 11 is 2.83. The molecule has 0 aliphatic carbocycles. The van der Waals surface area contributed by atoms with Crippen LogP contribution in [-0.4, -0.2) is 17.8 Å². The Morgan fingerprint density at radius 1 is 0.875 bits per heavy atom. The SMILES string of the molecule is CCO[C](=[Cr])COCc1ccccc1.[C-]#[O+].[C-]#[O+].[C-]#[O+].[C-]#[O+].[C-]#[O+]. The van der Waals surface area contributed by atoms with Crippen LogP contribution in [0.15, 0.2) is 30.3 Å². The van der Waals surface area contributed by atoms with Crippen LogP contribution in [-0.2, 0) is 55.2 Å². The van der Waals surface area contributed by atoms with Crippen molar-refractivity contribution in [3.8, 4) is 0 Å². The molecule has 0 heterocycles. The van der Waals surface area contributed by atoms with E-state index in [1.54, 1.807) is 0 Å². The summed E-state index contributed by atoms with van der Waals surface area (Å²) in [4.78, 5) is 0. The summed E-state index contributed by atoms with van der Waals surface area (Å²) in [6, 6.07) is 10.1. The number of hydrogen-bond acceptors (Lipinski definition) is 2. The van der Waals surface area contributed by atoms with E-state index in [0.29, 0.717) is 19.8 Å². The van der Waals surface area contributed by atoms with E-state index in [4.69, 9.17) is 32.7 Å². The molecule has 0 amide bonds. The minimum absolute atomic E-state index is 0.517. The van der Waals surface area contributed by atoms with Gasteiger partial charge in [0.25, 0.3) is 0 Å². The van der Waals surface area contributed by atoms with Gasteiger partial charge in [0.05, 0.1) is 0 Å². The van der Waals surface area contributed by atoms with Crippen molar-refractivity contribution < 1.29 is 48.6 Å². The molecule has 0 aliphatic rings. The van der Waals surface area contributed by atoms with E-state index in [2.05, 4.69) is 49.1 Å². The van der Waals surface area contributed by atoms with Gasteiger partial charge in [-0.3, -0.25) is 0 Å². The first-order chi connectivity index (χ1) is 11.8. The maximum atomic E-state index is 7.50. The average molecular weight is 370 g/mol. The molecule has 24 heavy (non-hydrogen) atoms. The Morgan fingerprint density at radius 3 is 1.67 bits per heavy atom. The van der Waals surface area contributed by atoms with Gasteiger partial charge in [-0.2, -0.15) is 0 Å². The molecule has 7 nitrogen and oxygen atoms in total. The Kier molecular flexibility index (Phi) is 60.4. The first-order valence-electron chi connectivity index (χ1n) is 5.62. The number of ether oxygens (including phenoxy) is 2. The monoisotopic (exact) mass is 370 g/mol. The molecule has 1 aromatic rings. The quantitative estimate of drug-likeness (QED) is 0.560. The predicted octanol–water partition coefficient (Wildman–Crippen LogP) is 1.73. The summed E-state index contributed by atoms with van der Waals surface area (Å²) < 4.78 is 49.0. The first kappa shape index (κ1) is 33.8. The van der Waals surface area contributed by atoms with Gasteiger partial charge in [-0.25, -0.2) is 0 Å². The van der Waals surface area contributed by atoms with Gasteiger partial charge in [-0.1, -0.05) is 0 Å². The zero-order chi connectivity index (χ0) is 20.2. The standard InChI is InChI=1S/C11H14O2.5CO.Cr/c1-2-12-8-9-13-10-11-6-4-3-5-7-11;5*1-2;/h3-7H,2,9-10H2,1H3;;;;;;. The summed E-state index contributed by atoms with van der Waals surface area (Å²) in [5.41, 5.74) is 1.18. The van der Waals surface area contributed by atoms with E-state index >= 15 is 0 Å². The van der Waals surface area contributed by atoms with Crippen LogP contribution in [0.25, 0.3) is 0 Å². The summed E-state index contributed by atoms with van der Waals surface area (Å²) in [7, 11) is 0. The van der Waals surface area contributed by atoms with Gasteiger partial charge >= 0.3 is 149 Å². The van der Waals surface area contributed by atoms with E-state index in [0.717, 1.165) is 4.57 Å². The zero-order valence-electron chi connectivity index (χ0n) is 12.8. The van der Waals surface area contributed by atoms with Crippen LogP contribution in [0, 0.1) is 33.3 Å². The zero-order valence-corrected chi connectivity index (χ0v) is 14.0. The summed E-state index contributed by atoms with van der Waals surface area (Å²) in [5, 5.41) is 0. The Balaban J connectivity index is -0.000000103. The number of hydrogen-bond donors (Lipinski definition) is 0. The van der Waals surface area contributed by atoms with Crippen molar-refractivity contribution in [3.63, 3.8) is 0 Å². The van der Waals surface area contributed by atoms with Crippen LogP contribution < -0.4 is 0 Å². The summed E-state index contributed by atoms with van der Waals surface area (Å²) in [6.07, 6.45) is 0. The molecule has 0 unspecified atom stereocenters. The topological polar surface area (TPSA) is 118 Å². The molecule has 0 spiro atoms. The fraction of sp³-hybridized carbons (Fsp3) is 0.250. The van der Waals surface area contributed by atoms with Crippen LogP contribution in [0.5, 0.6) is 0 Å². The van der Waals surface area contributed by atoms with E-state index in [9.17, 15) is 0 Å². The van der Waals surface area contributed by atoms with E-state index < -0.39 is 0 Å². The van der Waals surface area contributed by atoms with Crippen molar-refractivity contribution in [1.29, 1.82) is 0 Å². The first-order valence-corrected chi connectivity index (χ1v) is 6.26. The van der Waals surface area contributed by atoms with Crippen LogP contribution in [0.4, 0.5) is 0 Å². The molecule has 0 N–H and O–H groups in total. The maximum absolute atomic E-state index is 7.50. The van der Waals surface area contributed by atoms with Gasteiger partial charge < -0.3 is 0 Å². The Bertz CT molecular complexity index is 426. The second-order valence-electron chi connectivity index (χ2n) is 2.78. The molecule has 0 fully saturated rings. The van der Waals surface area contributed by atoms with Gasteiger partial charge in [-0.05, 0) is 0 Å². The fourth-order valence-corrected chi connectivity index (χ4v) is 1.34. The van der Waals surface area contributed by atoms with Gasteiger partial charge in [0.2, 0.25) is 0 Å². The van der Waals surface area contributed by atoms with Crippen LogP contribution >= 0.6 is 0 Å². The molecule has 0 aliphatic heterocycles. The normalized spacial score (nSPS) is 6.29. The van der Waals surface area contributed by atoms with Gasteiger partial charge in [0.15, 0.2) is 0 Å². The van der Waals surface area contributed by atoms with Crippen LogP contribution in [0.1, 0.15) is 12.5 Å². The average Bonchev–Trinajstić information content (AvgIpc) is 2.71. The van der Waals surface area contributed by atoms with Crippen molar-refractivity contribution in [3.05, 3.63) is 69.1 Å². The molecule has 0 aromatic heterocycles. The molecular formula is C16H14CrO7. The van der Waals surface area contributed by atoms with Crippen molar-refractivity contribution in [2.75, 3.05) is 13.2 Å². The van der Waals surface area contributed by atoms with Gasteiger partial charge in [-0.15, -0.1) is 0 Å². The molecule has 0 radical (unpaired) electrons. The molecular weight excluding hydrogens is 356 g/mol. The number of benzene rings is 1. The molecule has 126 valence electrons. The van der Waals surface area contributed by atoms with Crippen molar-refractivity contribution in [2.24, 2.45) is 0 Å². The third-order valence-electron chi connectivity index (χ3n) is 1.64. The summed E-state index contributed by atoms with van der Waals surface area (Å²) in [6.45, 7) is 26.3. The predicted molar refractivity (Wildman–Crippen MR) is 72.4 cm³/mol. The van der Waals surface area contributed by atoms with Crippen molar-refractivity contribution >= 4 is 4.57 Å². The molecule has 1 aromatic carbocycles. The van der Waals surface area contributed by atoms with E-state index in [1.807, 2.05) is 37.3 Å².